The van der Waals surface area contributed by atoms with Crippen LogP contribution in [0.15, 0.2) is 53.4 Å². The van der Waals surface area contributed by atoms with E-state index in [-0.39, 0.29) is 6.61 Å². The van der Waals surface area contributed by atoms with Crippen molar-refractivity contribution in [1.82, 2.24) is 10.3 Å². The molecule has 2 amide bonds. The van der Waals surface area contributed by atoms with E-state index in [0.717, 1.165) is 0 Å². The fourth-order valence-electron chi connectivity index (χ4n) is 3.21. The molecule has 3 rings (SSSR count). The van der Waals surface area contributed by atoms with Gasteiger partial charge in [0.25, 0.3) is 0 Å². The van der Waals surface area contributed by atoms with E-state index in [2.05, 4.69) is 15.6 Å². The van der Waals surface area contributed by atoms with Gasteiger partial charge >= 0.3 is 11.8 Å². The van der Waals surface area contributed by atoms with Crippen LogP contribution in [0.5, 0.6) is 17.2 Å². The van der Waals surface area contributed by atoms with Gasteiger partial charge in [-0.15, -0.1) is 0 Å². The Hall–Kier alpha value is -4.52. The normalized spacial score (nSPS) is 10.7. The molecular weight excluding hydrogens is 452 g/mol. The number of carbonyl (C=O) groups is 2. The van der Waals surface area contributed by atoms with Gasteiger partial charge in [0.05, 0.1) is 44.2 Å². The highest BCUT2D eigenvalue weighted by molar-refractivity contribution is 6.39. The van der Waals surface area contributed by atoms with Gasteiger partial charge in [0, 0.05) is 29.8 Å². The molecule has 2 N–H and O–H groups in total. The number of rotatable bonds is 9. The topological polar surface area (TPSA) is 136 Å². The van der Waals surface area contributed by atoms with Crippen molar-refractivity contribution in [1.29, 1.82) is 5.26 Å². The fourth-order valence-corrected chi connectivity index (χ4v) is 3.21. The van der Waals surface area contributed by atoms with Crippen LogP contribution >= 0.6 is 0 Å². The molecule has 0 unspecified atom stereocenters. The second-order valence-corrected chi connectivity index (χ2v) is 8.15. The highest BCUT2D eigenvalue weighted by Crippen LogP contribution is 2.32. The fraction of sp³-hybridized carbons (Fsp3) is 0.280. The quantitative estimate of drug-likeness (QED) is 0.446. The number of carbonyl (C=O) groups excluding carboxylic acids is 2. The van der Waals surface area contributed by atoms with Crippen LogP contribution in [0.4, 0.5) is 5.69 Å². The lowest BCUT2D eigenvalue weighted by molar-refractivity contribution is -0.137. The summed E-state index contributed by atoms with van der Waals surface area (Å²) in [6.45, 7) is 3.82. The summed E-state index contributed by atoms with van der Waals surface area (Å²) < 4.78 is 21.7. The number of nitrogens with one attached hydrogen (secondary N) is 2. The molecule has 0 atom stereocenters. The molecule has 2 aromatic carbocycles. The van der Waals surface area contributed by atoms with Crippen LogP contribution in [-0.2, 0) is 9.59 Å². The van der Waals surface area contributed by atoms with E-state index in [9.17, 15) is 9.59 Å². The average Bonchev–Trinajstić information content (AvgIpc) is 3.38. The Morgan fingerprint density at radius 2 is 1.83 bits per heavy atom. The largest absolute Gasteiger partial charge is 0.496 e. The molecule has 1 aromatic heterocycles. The number of nitrogens with zero attached hydrogens (tertiary/aromatic N) is 2. The highest BCUT2D eigenvalue weighted by Gasteiger charge is 2.25. The molecule has 10 nitrogen and oxygen atoms in total. The molecule has 182 valence electrons. The maximum atomic E-state index is 12.5. The zero-order valence-corrected chi connectivity index (χ0v) is 19.9. The third-order valence-corrected chi connectivity index (χ3v) is 5.09. The number of hydrogen-bond donors (Lipinski definition) is 2. The van der Waals surface area contributed by atoms with Crippen molar-refractivity contribution < 1.29 is 28.2 Å². The zero-order valence-electron chi connectivity index (χ0n) is 19.9. The number of ether oxygens (including phenoxy) is 3. The standard InChI is InChI=1S/C25H26N4O6/c1-25(2,9-10-34-19-8-5-16(13-26)11-21(19)33-4)29-24(31)23(30)28-17-6-7-18(20(12-17)32-3)22-14-27-15-35-22/h5-8,11-12,14-15H,9-10H2,1-4H3,(H,28,30)(H,29,31). The first kappa shape index (κ1) is 25.1. The zero-order chi connectivity index (χ0) is 25.4. The Morgan fingerprint density at radius 3 is 2.49 bits per heavy atom. The van der Waals surface area contributed by atoms with Crippen molar-refractivity contribution in [2.24, 2.45) is 0 Å². The van der Waals surface area contributed by atoms with Gasteiger partial charge in [-0.25, -0.2) is 4.98 Å². The van der Waals surface area contributed by atoms with E-state index in [1.165, 1.54) is 20.6 Å². The first-order valence-electron chi connectivity index (χ1n) is 10.7. The minimum absolute atomic E-state index is 0.247. The Morgan fingerprint density at radius 1 is 1.06 bits per heavy atom. The third-order valence-electron chi connectivity index (χ3n) is 5.09. The SMILES string of the molecule is COc1cc(C#N)ccc1OCCC(C)(C)NC(=O)C(=O)Nc1ccc(-c2cnco2)c(OC)c1. The minimum Gasteiger partial charge on any atom is -0.496 e. The summed E-state index contributed by atoms with van der Waals surface area (Å²) in [5.74, 6) is 0.284. The lowest BCUT2D eigenvalue weighted by atomic mass is 10.0. The Kier molecular flexibility index (Phi) is 7.94. The van der Waals surface area contributed by atoms with Crippen LogP contribution in [0.1, 0.15) is 25.8 Å². The maximum absolute atomic E-state index is 12.5. The molecular formula is C25H26N4O6. The molecule has 35 heavy (non-hydrogen) atoms. The lowest BCUT2D eigenvalue weighted by Gasteiger charge is -2.26. The van der Waals surface area contributed by atoms with Gasteiger partial charge in [0.15, 0.2) is 23.7 Å². The van der Waals surface area contributed by atoms with Crippen molar-refractivity contribution in [2.45, 2.75) is 25.8 Å². The number of benzene rings is 2. The molecule has 0 fully saturated rings. The van der Waals surface area contributed by atoms with E-state index in [0.29, 0.717) is 46.2 Å². The van der Waals surface area contributed by atoms with Crippen LogP contribution in [0.25, 0.3) is 11.3 Å². The molecule has 0 saturated carbocycles. The first-order chi connectivity index (χ1) is 16.8. The average molecular weight is 479 g/mol. The molecule has 0 aliphatic carbocycles. The van der Waals surface area contributed by atoms with Crippen LogP contribution in [-0.4, -0.2) is 43.2 Å². The second-order valence-electron chi connectivity index (χ2n) is 8.15. The van der Waals surface area contributed by atoms with Gasteiger partial charge in [-0.3, -0.25) is 9.59 Å². The molecule has 10 heteroatoms. The number of aromatic nitrogens is 1. The molecule has 0 aliphatic heterocycles. The monoisotopic (exact) mass is 478 g/mol. The van der Waals surface area contributed by atoms with Crippen molar-refractivity contribution >= 4 is 17.5 Å². The molecule has 0 bridgehead atoms. The van der Waals surface area contributed by atoms with E-state index in [1.54, 1.807) is 56.4 Å². The summed E-state index contributed by atoms with van der Waals surface area (Å²) in [7, 11) is 2.98. The summed E-state index contributed by atoms with van der Waals surface area (Å²) in [5, 5.41) is 14.3. The van der Waals surface area contributed by atoms with Gasteiger partial charge in [-0.2, -0.15) is 5.26 Å². The van der Waals surface area contributed by atoms with Gasteiger partial charge in [0.1, 0.15) is 5.75 Å². The van der Waals surface area contributed by atoms with E-state index in [4.69, 9.17) is 23.9 Å². The van der Waals surface area contributed by atoms with Crippen molar-refractivity contribution in [3.05, 3.63) is 54.6 Å². The van der Waals surface area contributed by atoms with Crippen LogP contribution in [0.2, 0.25) is 0 Å². The van der Waals surface area contributed by atoms with E-state index >= 15 is 0 Å². The maximum Gasteiger partial charge on any atom is 0.313 e. The number of anilines is 1. The van der Waals surface area contributed by atoms with Crippen LogP contribution in [0, 0.1) is 11.3 Å². The smallest absolute Gasteiger partial charge is 0.313 e. The molecule has 0 spiro atoms. The van der Waals surface area contributed by atoms with Gasteiger partial charge in [-0.05, 0) is 38.1 Å². The minimum atomic E-state index is -0.817. The molecule has 0 radical (unpaired) electrons. The number of hydrogen-bond acceptors (Lipinski definition) is 8. The van der Waals surface area contributed by atoms with Crippen molar-refractivity contribution in [3.8, 4) is 34.6 Å². The van der Waals surface area contributed by atoms with E-state index < -0.39 is 17.4 Å². The van der Waals surface area contributed by atoms with E-state index in [1.807, 2.05) is 6.07 Å². The number of oxazole rings is 1. The summed E-state index contributed by atoms with van der Waals surface area (Å²) in [5.41, 5.74) is 0.770. The Balaban J connectivity index is 1.56. The molecule has 0 aliphatic rings. The summed E-state index contributed by atoms with van der Waals surface area (Å²) in [4.78, 5) is 28.9. The van der Waals surface area contributed by atoms with Gasteiger partial charge in [-0.1, -0.05) is 0 Å². The number of nitriles is 1. The molecule has 3 aromatic rings. The summed E-state index contributed by atoms with van der Waals surface area (Å²) in [6, 6.07) is 11.8. The van der Waals surface area contributed by atoms with Crippen molar-refractivity contribution in [3.63, 3.8) is 0 Å². The van der Waals surface area contributed by atoms with Crippen LogP contribution in [0.3, 0.4) is 0 Å². The number of amides is 2. The molecule has 0 saturated heterocycles. The summed E-state index contributed by atoms with van der Waals surface area (Å²) in [6.07, 6.45) is 3.27. The Bertz CT molecular complexity index is 1230. The first-order valence-corrected chi connectivity index (χ1v) is 10.7. The summed E-state index contributed by atoms with van der Waals surface area (Å²) >= 11 is 0. The highest BCUT2D eigenvalue weighted by atomic mass is 16.5. The predicted octanol–water partition coefficient (Wildman–Crippen LogP) is 3.53. The second kappa shape index (κ2) is 11.1. The van der Waals surface area contributed by atoms with Crippen molar-refractivity contribution in [2.75, 3.05) is 26.1 Å². The lowest BCUT2D eigenvalue weighted by Crippen LogP contribution is -2.48. The van der Waals surface area contributed by atoms with Gasteiger partial charge < -0.3 is 29.3 Å². The predicted molar refractivity (Wildman–Crippen MR) is 127 cm³/mol. The third kappa shape index (κ3) is 6.51. The van der Waals surface area contributed by atoms with Gasteiger partial charge in [0.2, 0.25) is 0 Å². The molecule has 1 heterocycles. The van der Waals surface area contributed by atoms with Crippen LogP contribution < -0.4 is 24.8 Å². The number of methoxy groups -OCH3 is 2. The Labute approximate surface area is 202 Å².